The van der Waals surface area contributed by atoms with E-state index in [1.54, 1.807) is 44.6 Å². The summed E-state index contributed by atoms with van der Waals surface area (Å²) < 4.78 is 23.7. The number of rotatable bonds is 6. The molecule has 1 N–H and O–H groups in total. The molecule has 0 unspecified atom stereocenters. The topological polar surface area (TPSA) is 76.6 Å². The summed E-state index contributed by atoms with van der Waals surface area (Å²) in [4.78, 5) is 14.9. The van der Waals surface area contributed by atoms with Gasteiger partial charge in [0.2, 0.25) is 5.91 Å². The van der Waals surface area contributed by atoms with Gasteiger partial charge in [0.25, 0.3) is 0 Å². The van der Waals surface area contributed by atoms with Gasteiger partial charge in [-0.2, -0.15) is 0 Å². The normalized spacial score (nSPS) is 14.2. The average Bonchev–Trinajstić information content (AvgIpc) is 2.85. The van der Waals surface area contributed by atoms with E-state index >= 15 is 0 Å². The number of aromatic nitrogens is 2. The van der Waals surface area contributed by atoms with Crippen LogP contribution in [0.15, 0.2) is 54.6 Å². The Morgan fingerprint density at radius 3 is 2.38 bits per heavy atom. The number of benzene rings is 2. The molecule has 0 spiro atoms. The van der Waals surface area contributed by atoms with E-state index in [1.165, 1.54) is 12.1 Å². The monoisotopic (exact) mass is 436 g/mol. The Morgan fingerprint density at radius 1 is 1.00 bits per heavy atom. The molecule has 8 heteroatoms. The van der Waals surface area contributed by atoms with E-state index < -0.39 is 0 Å². The molecule has 1 amide bonds. The second kappa shape index (κ2) is 9.64. The van der Waals surface area contributed by atoms with Crippen LogP contribution in [0.1, 0.15) is 12.8 Å². The van der Waals surface area contributed by atoms with Crippen LogP contribution in [0.3, 0.4) is 0 Å². The maximum absolute atomic E-state index is 13.1. The maximum Gasteiger partial charge on any atom is 0.227 e. The first-order valence-electron chi connectivity index (χ1n) is 10.4. The molecule has 3 aromatic rings. The van der Waals surface area contributed by atoms with Crippen molar-refractivity contribution in [1.82, 2.24) is 10.2 Å². The van der Waals surface area contributed by atoms with E-state index in [2.05, 4.69) is 20.4 Å². The predicted octanol–water partition coefficient (Wildman–Crippen LogP) is 4.16. The van der Waals surface area contributed by atoms with E-state index in [1.807, 2.05) is 12.1 Å². The SMILES string of the molecule is COc1ccc(NC(=O)C2CCN(c3ccc(-c4ccc(F)cc4)nn3)CC2)c(OC)c1. The third kappa shape index (κ3) is 4.80. The first-order chi connectivity index (χ1) is 15.6. The van der Waals surface area contributed by atoms with Crippen LogP contribution in [-0.2, 0) is 4.79 Å². The highest BCUT2D eigenvalue weighted by molar-refractivity contribution is 5.94. The first-order valence-corrected chi connectivity index (χ1v) is 10.4. The molecule has 2 heterocycles. The molecule has 0 atom stereocenters. The number of nitrogens with zero attached hydrogens (tertiary/aromatic N) is 3. The maximum atomic E-state index is 13.1. The number of nitrogens with one attached hydrogen (secondary N) is 1. The van der Waals surface area contributed by atoms with Crippen molar-refractivity contribution >= 4 is 17.4 Å². The molecule has 1 aliphatic rings. The van der Waals surface area contributed by atoms with Gasteiger partial charge in [-0.1, -0.05) is 0 Å². The summed E-state index contributed by atoms with van der Waals surface area (Å²) in [6, 6.07) is 15.3. The molecule has 1 aromatic heterocycles. The molecule has 1 saturated heterocycles. The summed E-state index contributed by atoms with van der Waals surface area (Å²) >= 11 is 0. The van der Waals surface area contributed by atoms with Crippen molar-refractivity contribution in [1.29, 1.82) is 0 Å². The van der Waals surface area contributed by atoms with Gasteiger partial charge in [0, 0.05) is 30.6 Å². The number of amides is 1. The van der Waals surface area contributed by atoms with Gasteiger partial charge in [0.05, 0.1) is 25.6 Å². The van der Waals surface area contributed by atoms with Crippen LogP contribution < -0.4 is 19.7 Å². The average molecular weight is 436 g/mol. The van der Waals surface area contributed by atoms with Crippen LogP contribution in [-0.4, -0.2) is 43.4 Å². The van der Waals surface area contributed by atoms with Crippen LogP contribution in [0, 0.1) is 11.7 Å². The summed E-state index contributed by atoms with van der Waals surface area (Å²) in [5.74, 6) is 1.60. The Kier molecular flexibility index (Phi) is 6.49. The zero-order valence-corrected chi connectivity index (χ0v) is 18.0. The molecule has 2 aromatic carbocycles. The highest BCUT2D eigenvalue weighted by atomic mass is 19.1. The molecule has 166 valence electrons. The number of hydrogen-bond acceptors (Lipinski definition) is 6. The Bertz CT molecular complexity index is 1070. The molecule has 1 aliphatic heterocycles. The van der Waals surface area contributed by atoms with Crippen molar-refractivity contribution in [2.45, 2.75) is 12.8 Å². The number of ether oxygens (including phenoxy) is 2. The van der Waals surface area contributed by atoms with Crippen LogP contribution in [0.2, 0.25) is 0 Å². The quantitative estimate of drug-likeness (QED) is 0.626. The number of anilines is 2. The number of hydrogen-bond donors (Lipinski definition) is 1. The van der Waals surface area contributed by atoms with Crippen molar-refractivity contribution in [3.63, 3.8) is 0 Å². The molecule has 0 radical (unpaired) electrons. The molecule has 4 rings (SSSR count). The Labute approximate surface area is 186 Å². The Balaban J connectivity index is 1.35. The van der Waals surface area contributed by atoms with Crippen molar-refractivity contribution in [3.8, 4) is 22.8 Å². The number of carbonyl (C=O) groups excluding carboxylic acids is 1. The zero-order chi connectivity index (χ0) is 22.5. The fourth-order valence-corrected chi connectivity index (χ4v) is 3.78. The fourth-order valence-electron chi connectivity index (χ4n) is 3.78. The summed E-state index contributed by atoms with van der Waals surface area (Å²) in [6.07, 6.45) is 1.43. The Morgan fingerprint density at radius 2 is 1.75 bits per heavy atom. The van der Waals surface area contributed by atoms with Crippen LogP contribution >= 0.6 is 0 Å². The van der Waals surface area contributed by atoms with E-state index in [4.69, 9.17) is 9.47 Å². The van der Waals surface area contributed by atoms with Gasteiger partial charge in [-0.05, 0) is 61.4 Å². The zero-order valence-electron chi connectivity index (χ0n) is 18.0. The van der Waals surface area contributed by atoms with Gasteiger partial charge in [-0.15, -0.1) is 10.2 Å². The molecule has 0 bridgehead atoms. The standard InChI is InChI=1S/C24H25FN4O3/c1-31-19-7-8-21(22(15-19)32-2)26-24(30)17-11-13-29(14-12-17)23-10-9-20(27-28-23)16-3-5-18(25)6-4-16/h3-10,15,17H,11-14H2,1-2H3,(H,26,30). The minimum atomic E-state index is -0.282. The van der Waals surface area contributed by atoms with Crippen molar-refractivity contribution in [2.24, 2.45) is 5.92 Å². The van der Waals surface area contributed by atoms with Crippen molar-refractivity contribution < 1.29 is 18.7 Å². The molecule has 0 aliphatic carbocycles. The highest BCUT2D eigenvalue weighted by Crippen LogP contribution is 2.30. The molecular formula is C24H25FN4O3. The van der Waals surface area contributed by atoms with Gasteiger partial charge < -0.3 is 19.7 Å². The largest absolute Gasteiger partial charge is 0.497 e. The molecule has 32 heavy (non-hydrogen) atoms. The lowest BCUT2D eigenvalue weighted by atomic mass is 9.95. The van der Waals surface area contributed by atoms with Gasteiger partial charge in [0.15, 0.2) is 5.82 Å². The van der Waals surface area contributed by atoms with E-state index in [9.17, 15) is 9.18 Å². The summed E-state index contributed by atoms with van der Waals surface area (Å²) in [7, 11) is 3.15. The smallest absolute Gasteiger partial charge is 0.227 e. The lowest BCUT2D eigenvalue weighted by molar-refractivity contribution is -0.120. The number of halogens is 1. The van der Waals surface area contributed by atoms with Crippen LogP contribution in [0.5, 0.6) is 11.5 Å². The molecular weight excluding hydrogens is 411 g/mol. The van der Waals surface area contributed by atoms with Crippen LogP contribution in [0.4, 0.5) is 15.9 Å². The minimum absolute atomic E-state index is 0.0224. The molecule has 7 nitrogen and oxygen atoms in total. The minimum Gasteiger partial charge on any atom is -0.497 e. The second-order valence-electron chi connectivity index (χ2n) is 7.60. The summed E-state index contributed by atoms with van der Waals surface area (Å²) in [5.41, 5.74) is 2.13. The summed E-state index contributed by atoms with van der Waals surface area (Å²) in [5, 5.41) is 11.6. The van der Waals surface area contributed by atoms with E-state index in [0.717, 1.165) is 11.4 Å². The van der Waals surface area contributed by atoms with Gasteiger partial charge in [0.1, 0.15) is 17.3 Å². The second-order valence-corrected chi connectivity index (χ2v) is 7.60. The third-order valence-corrected chi connectivity index (χ3v) is 5.65. The van der Waals surface area contributed by atoms with Gasteiger partial charge in [-0.3, -0.25) is 4.79 Å². The van der Waals surface area contributed by atoms with Gasteiger partial charge >= 0.3 is 0 Å². The lowest BCUT2D eigenvalue weighted by Crippen LogP contribution is -2.38. The lowest BCUT2D eigenvalue weighted by Gasteiger charge is -2.32. The van der Waals surface area contributed by atoms with E-state index in [0.29, 0.717) is 48.8 Å². The van der Waals surface area contributed by atoms with Crippen molar-refractivity contribution in [2.75, 3.05) is 37.5 Å². The number of methoxy groups -OCH3 is 2. The predicted molar refractivity (Wildman–Crippen MR) is 121 cm³/mol. The third-order valence-electron chi connectivity index (χ3n) is 5.65. The van der Waals surface area contributed by atoms with Crippen LogP contribution in [0.25, 0.3) is 11.3 Å². The summed E-state index contributed by atoms with van der Waals surface area (Å²) in [6.45, 7) is 1.42. The fraction of sp³-hybridized carbons (Fsp3) is 0.292. The molecule has 0 saturated carbocycles. The number of piperidine rings is 1. The Hall–Kier alpha value is -3.68. The first kappa shape index (κ1) is 21.5. The number of carbonyl (C=O) groups is 1. The van der Waals surface area contributed by atoms with Gasteiger partial charge in [-0.25, -0.2) is 4.39 Å². The molecule has 1 fully saturated rings. The van der Waals surface area contributed by atoms with E-state index in [-0.39, 0.29) is 17.6 Å². The van der Waals surface area contributed by atoms with Crippen molar-refractivity contribution in [3.05, 3.63) is 60.4 Å². The highest BCUT2D eigenvalue weighted by Gasteiger charge is 2.26.